The molecule has 0 saturated carbocycles. The highest BCUT2D eigenvalue weighted by molar-refractivity contribution is 5.94. The first-order chi connectivity index (χ1) is 15.9. The second kappa shape index (κ2) is 13.6. The number of aromatic nitrogens is 2. The molecule has 2 atom stereocenters. The van der Waals surface area contributed by atoms with E-state index in [9.17, 15) is 9.59 Å². The number of carbonyl (C=O) groups excluding carboxylic acids is 2. The Kier molecular flexibility index (Phi) is 10.9. The molecule has 1 aromatic rings. The largest absolute Gasteiger partial charge is 0.385 e. The molecule has 2 rings (SSSR count). The summed E-state index contributed by atoms with van der Waals surface area (Å²) in [5.41, 5.74) is 2.76. The fraction of sp³-hybridized carbons (Fsp3) is 0.519. The molecule has 2 unspecified atom stereocenters. The molecule has 0 bridgehead atoms. The zero-order valence-corrected chi connectivity index (χ0v) is 21.0. The van der Waals surface area contributed by atoms with Gasteiger partial charge >= 0.3 is 0 Å². The van der Waals surface area contributed by atoms with Crippen LogP contribution in [0.5, 0.6) is 0 Å². The monoisotopic (exact) mass is 453 g/mol. The Labute approximate surface area is 199 Å². The van der Waals surface area contributed by atoms with Crippen LogP contribution in [0.15, 0.2) is 65.9 Å². The van der Waals surface area contributed by atoms with Crippen molar-refractivity contribution in [3.8, 4) is 0 Å². The van der Waals surface area contributed by atoms with E-state index in [0.29, 0.717) is 12.1 Å². The van der Waals surface area contributed by atoms with Crippen LogP contribution in [0.25, 0.3) is 0 Å². The van der Waals surface area contributed by atoms with Gasteiger partial charge in [0.25, 0.3) is 0 Å². The molecule has 1 aliphatic carbocycles. The summed E-state index contributed by atoms with van der Waals surface area (Å²) >= 11 is 0. The van der Waals surface area contributed by atoms with E-state index in [0.717, 1.165) is 37.1 Å². The lowest BCUT2D eigenvalue weighted by molar-refractivity contribution is -0.671. The number of nitrogens with one attached hydrogen (secondary N) is 1. The first kappa shape index (κ1) is 26.4. The van der Waals surface area contributed by atoms with Crippen LogP contribution in [0, 0.1) is 11.8 Å². The van der Waals surface area contributed by atoms with Crippen molar-refractivity contribution in [3.63, 3.8) is 0 Å². The predicted octanol–water partition coefficient (Wildman–Crippen LogP) is 3.72. The Bertz CT molecular complexity index is 907. The molecule has 0 aromatic carbocycles. The number of hydrogen-bond acceptors (Lipinski definition) is 3. The van der Waals surface area contributed by atoms with Crippen LogP contribution in [0.2, 0.25) is 0 Å². The normalized spacial score (nSPS) is 24.5. The molecule has 1 heterocycles. The minimum absolute atomic E-state index is 0.0284. The SMILES string of the molecule is CCN(C)C(=O)/C1=C/C=C(NCCCCCCn2cc[n+](C)c2)\C(C)=C\C=C/C(C=O)C1C. The topological polar surface area (TPSA) is 58.2 Å². The van der Waals surface area contributed by atoms with Crippen LogP contribution in [-0.2, 0) is 23.2 Å². The van der Waals surface area contributed by atoms with Gasteiger partial charge in [0.2, 0.25) is 12.2 Å². The minimum Gasteiger partial charge on any atom is -0.385 e. The van der Waals surface area contributed by atoms with Crippen LogP contribution >= 0.6 is 0 Å². The van der Waals surface area contributed by atoms with Crippen molar-refractivity contribution in [2.75, 3.05) is 20.1 Å². The highest BCUT2D eigenvalue weighted by Gasteiger charge is 2.25. The van der Waals surface area contributed by atoms with E-state index in [-0.39, 0.29) is 17.7 Å². The van der Waals surface area contributed by atoms with Gasteiger partial charge in [-0.3, -0.25) is 4.79 Å². The number of allylic oxidation sites excluding steroid dienone is 6. The summed E-state index contributed by atoms with van der Waals surface area (Å²) in [6.07, 6.45) is 21.6. The van der Waals surface area contributed by atoms with Gasteiger partial charge in [0.05, 0.1) is 13.6 Å². The third kappa shape index (κ3) is 8.19. The van der Waals surface area contributed by atoms with Crippen molar-refractivity contribution in [2.24, 2.45) is 18.9 Å². The number of amides is 1. The van der Waals surface area contributed by atoms with Gasteiger partial charge in [-0.25, -0.2) is 9.13 Å². The predicted molar refractivity (Wildman–Crippen MR) is 133 cm³/mol. The first-order valence-electron chi connectivity index (χ1n) is 12.1. The van der Waals surface area contributed by atoms with Crippen LogP contribution in [0.3, 0.4) is 0 Å². The lowest BCUT2D eigenvalue weighted by Gasteiger charge is -2.24. The molecule has 1 aliphatic rings. The van der Waals surface area contributed by atoms with Crippen molar-refractivity contribution in [2.45, 2.75) is 53.0 Å². The molecule has 0 spiro atoms. The summed E-state index contributed by atoms with van der Waals surface area (Å²) in [4.78, 5) is 26.3. The van der Waals surface area contributed by atoms with Gasteiger partial charge in [0.15, 0.2) is 0 Å². The number of aryl methyl sites for hydroxylation is 2. The molecule has 1 amide bonds. The van der Waals surface area contributed by atoms with Crippen molar-refractivity contribution in [1.82, 2.24) is 14.8 Å². The summed E-state index contributed by atoms with van der Waals surface area (Å²) in [6.45, 7) is 8.52. The molecular formula is C27H41N4O2+. The van der Waals surface area contributed by atoms with Crippen LogP contribution < -0.4 is 9.88 Å². The highest BCUT2D eigenvalue weighted by Crippen LogP contribution is 2.24. The number of nitrogens with zero attached hydrogens (tertiary/aromatic N) is 3. The van der Waals surface area contributed by atoms with E-state index in [1.807, 2.05) is 51.3 Å². The van der Waals surface area contributed by atoms with E-state index < -0.39 is 0 Å². The number of imidazole rings is 1. The maximum Gasteiger partial charge on any atom is 0.249 e. The molecule has 33 heavy (non-hydrogen) atoms. The van der Waals surface area contributed by atoms with E-state index in [1.54, 1.807) is 11.9 Å². The molecule has 180 valence electrons. The van der Waals surface area contributed by atoms with E-state index in [1.165, 1.54) is 19.3 Å². The molecule has 1 aromatic heterocycles. The van der Waals surface area contributed by atoms with Gasteiger partial charge in [-0.15, -0.1) is 0 Å². The Morgan fingerprint density at radius 3 is 2.64 bits per heavy atom. The third-order valence-electron chi connectivity index (χ3n) is 6.31. The number of hydrogen-bond donors (Lipinski definition) is 1. The van der Waals surface area contributed by atoms with Gasteiger partial charge in [-0.1, -0.05) is 37.6 Å². The summed E-state index contributed by atoms with van der Waals surface area (Å²) in [7, 11) is 3.84. The second-order valence-corrected chi connectivity index (χ2v) is 8.92. The molecule has 0 radical (unpaired) electrons. The molecule has 0 fully saturated rings. The van der Waals surface area contributed by atoms with Crippen molar-refractivity contribution < 1.29 is 14.2 Å². The average molecular weight is 454 g/mol. The van der Waals surface area contributed by atoms with Gasteiger partial charge in [-0.2, -0.15) is 0 Å². The second-order valence-electron chi connectivity index (χ2n) is 8.92. The lowest BCUT2D eigenvalue weighted by atomic mass is 9.86. The van der Waals surface area contributed by atoms with Gasteiger partial charge < -0.3 is 15.0 Å². The van der Waals surface area contributed by atoms with Crippen LogP contribution in [0.4, 0.5) is 0 Å². The number of carbonyl (C=O) groups is 2. The molecular weight excluding hydrogens is 412 g/mol. The van der Waals surface area contributed by atoms with Crippen molar-refractivity contribution in [1.29, 1.82) is 0 Å². The number of aldehydes is 1. The van der Waals surface area contributed by atoms with E-state index in [4.69, 9.17) is 0 Å². The summed E-state index contributed by atoms with van der Waals surface area (Å²) in [5, 5.41) is 3.55. The van der Waals surface area contributed by atoms with Crippen molar-refractivity contribution in [3.05, 3.63) is 65.9 Å². The zero-order valence-electron chi connectivity index (χ0n) is 21.0. The van der Waals surface area contributed by atoms with Crippen LogP contribution in [-0.4, -0.2) is 41.8 Å². The maximum absolute atomic E-state index is 13.0. The Balaban J connectivity index is 1.99. The number of unbranched alkanes of at least 4 members (excludes halogenated alkanes) is 3. The average Bonchev–Trinajstić information content (AvgIpc) is 3.23. The van der Waals surface area contributed by atoms with Gasteiger partial charge in [0, 0.05) is 37.3 Å². The summed E-state index contributed by atoms with van der Waals surface area (Å²) < 4.78 is 4.29. The number of likely N-dealkylation sites (N-methyl/N-ethyl adjacent to an activating group) is 1. The standard InChI is InChI=1S/C27H40N4O2/c1-6-30(5)27(33)25-14-15-26(22(2)12-11-13-24(20-32)23(25)3)28-16-9-7-8-10-17-31-19-18-29(4)21-31/h11-15,18-21,23-24H,6-10,16-17H2,1-5H3/p+1/b13-11-,22-12+. The number of rotatable bonds is 11. The highest BCUT2D eigenvalue weighted by atomic mass is 16.2. The molecule has 6 nitrogen and oxygen atoms in total. The van der Waals surface area contributed by atoms with E-state index in [2.05, 4.69) is 40.1 Å². The molecule has 0 aliphatic heterocycles. The van der Waals surface area contributed by atoms with Gasteiger partial charge in [-0.05, 0) is 50.7 Å². The Morgan fingerprint density at radius 1 is 1.21 bits per heavy atom. The molecule has 0 saturated heterocycles. The fourth-order valence-electron chi connectivity index (χ4n) is 3.87. The van der Waals surface area contributed by atoms with E-state index >= 15 is 0 Å². The summed E-state index contributed by atoms with van der Waals surface area (Å²) in [5.74, 6) is -0.544. The first-order valence-corrected chi connectivity index (χ1v) is 12.1. The quantitative estimate of drug-likeness (QED) is 0.316. The summed E-state index contributed by atoms with van der Waals surface area (Å²) in [6, 6.07) is 0. The van der Waals surface area contributed by atoms with Crippen molar-refractivity contribution >= 4 is 12.2 Å². The third-order valence-corrected chi connectivity index (χ3v) is 6.31. The zero-order chi connectivity index (χ0) is 24.2. The lowest BCUT2D eigenvalue weighted by Crippen LogP contribution is -2.32. The Hall–Kier alpha value is -2.89. The van der Waals surface area contributed by atoms with Crippen LogP contribution in [0.1, 0.15) is 46.5 Å². The smallest absolute Gasteiger partial charge is 0.249 e. The van der Waals surface area contributed by atoms with Gasteiger partial charge in [0.1, 0.15) is 18.7 Å². The minimum atomic E-state index is -0.327. The molecule has 6 heteroatoms. The molecule has 1 N–H and O–H groups in total. The maximum atomic E-state index is 13.0. The Morgan fingerprint density at radius 2 is 1.97 bits per heavy atom. The fourth-order valence-corrected chi connectivity index (χ4v) is 3.87.